The predicted molar refractivity (Wildman–Crippen MR) is 140 cm³/mol. The number of carbonyl (C=O) groups is 1. The van der Waals surface area contributed by atoms with Gasteiger partial charge in [0.05, 0.1) is 20.3 Å². The van der Waals surface area contributed by atoms with Crippen molar-refractivity contribution in [3.8, 4) is 23.0 Å². The lowest BCUT2D eigenvalue weighted by atomic mass is 9.85. The van der Waals surface area contributed by atoms with Gasteiger partial charge in [-0.05, 0) is 68.2 Å². The number of urea groups is 1. The van der Waals surface area contributed by atoms with Crippen LogP contribution in [0.5, 0.6) is 23.0 Å². The molecule has 188 valence electrons. The lowest BCUT2D eigenvalue weighted by Crippen LogP contribution is -2.34. The van der Waals surface area contributed by atoms with Gasteiger partial charge in [0.25, 0.3) is 0 Å². The largest absolute Gasteiger partial charge is 0.493 e. The highest BCUT2D eigenvalue weighted by Gasteiger charge is 2.31. The topological polar surface area (TPSA) is 60.5 Å². The molecule has 8 bridgehead atoms. The van der Waals surface area contributed by atoms with Gasteiger partial charge in [0.1, 0.15) is 5.75 Å². The molecule has 0 spiro atoms. The Morgan fingerprint density at radius 3 is 2.60 bits per heavy atom. The molecule has 1 aliphatic carbocycles. The van der Waals surface area contributed by atoms with Crippen LogP contribution in [0.25, 0.3) is 0 Å². The summed E-state index contributed by atoms with van der Waals surface area (Å²) in [7, 11) is 2.67. The maximum atomic E-state index is 13.1. The molecule has 8 heteroatoms. The van der Waals surface area contributed by atoms with E-state index in [0.29, 0.717) is 28.9 Å². The Labute approximate surface area is 210 Å². The van der Waals surface area contributed by atoms with Crippen LogP contribution >= 0.6 is 10.8 Å². The third-order valence-corrected chi connectivity index (χ3v) is 8.67. The normalized spacial score (nSPS) is 24.4. The Morgan fingerprint density at radius 1 is 1.03 bits per heavy atom. The number of hydrogen-bond acceptors (Lipinski definition) is 5. The average Bonchev–Trinajstić information content (AvgIpc) is 3.25. The van der Waals surface area contributed by atoms with Gasteiger partial charge in [-0.3, -0.25) is 4.90 Å². The maximum absolute atomic E-state index is 13.1. The van der Waals surface area contributed by atoms with E-state index in [1.165, 1.54) is 6.42 Å². The molecule has 2 aromatic carbocycles. The zero-order valence-electron chi connectivity index (χ0n) is 20.7. The molecule has 1 saturated heterocycles. The molecule has 2 aromatic rings. The first-order chi connectivity index (χ1) is 17.1. The van der Waals surface area contributed by atoms with E-state index in [1.54, 1.807) is 14.2 Å². The summed E-state index contributed by atoms with van der Waals surface area (Å²) in [6.45, 7) is 4.28. The quantitative estimate of drug-likeness (QED) is 0.495. The molecular weight excluding hydrogens is 464 g/mol. The first-order valence-electron chi connectivity index (χ1n) is 12.4. The molecule has 6 rings (SSSR count). The second-order valence-corrected chi connectivity index (χ2v) is 11.0. The van der Waals surface area contributed by atoms with E-state index in [-0.39, 0.29) is 12.1 Å². The van der Waals surface area contributed by atoms with Crippen molar-refractivity contribution in [1.82, 2.24) is 4.90 Å². The predicted octanol–water partition coefficient (Wildman–Crippen LogP) is 5.73. The number of nitrogens with zero attached hydrogens (tertiary/aromatic N) is 2. The highest BCUT2D eigenvalue weighted by Crippen LogP contribution is 2.45. The van der Waals surface area contributed by atoms with Gasteiger partial charge in [0.15, 0.2) is 11.5 Å². The van der Waals surface area contributed by atoms with Crippen LogP contribution in [0.15, 0.2) is 41.3 Å². The minimum Gasteiger partial charge on any atom is -0.493 e. The molecule has 1 saturated carbocycles. The molecule has 7 nitrogen and oxygen atoms in total. The summed E-state index contributed by atoms with van der Waals surface area (Å²) >= 11 is 0. The number of carbonyl (C=O) groups excluding carboxylic acids is 1. The molecule has 3 unspecified atom stereocenters. The Morgan fingerprint density at radius 2 is 1.86 bits per heavy atom. The Kier molecular flexibility index (Phi) is 7.09. The van der Waals surface area contributed by atoms with Crippen molar-refractivity contribution in [2.75, 3.05) is 38.8 Å². The SMILES string of the molecule is C/C=S1\Oc2cc(OC)c(OC)c(c2)OC2CCCC(CCN3CCN(C3=O)c3ccc1cc3)C2. The van der Waals surface area contributed by atoms with Crippen molar-refractivity contribution in [2.24, 2.45) is 5.92 Å². The van der Waals surface area contributed by atoms with Crippen LogP contribution in [0.3, 0.4) is 0 Å². The van der Waals surface area contributed by atoms with E-state index < -0.39 is 10.8 Å². The van der Waals surface area contributed by atoms with E-state index >= 15 is 0 Å². The van der Waals surface area contributed by atoms with Gasteiger partial charge < -0.3 is 23.3 Å². The van der Waals surface area contributed by atoms with Crippen LogP contribution in [-0.4, -0.2) is 56.3 Å². The number of benzene rings is 2. The highest BCUT2D eigenvalue weighted by atomic mass is 32.2. The van der Waals surface area contributed by atoms with Crippen molar-refractivity contribution in [3.05, 3.63) is 36.4 Å². The smallest absolute Gasteiger partial charge is 0.324 e. The van der Waals surface area contributed by atoms with Crippen LogP contribution in [-0.2, 0) is 0 Å². The molecule has 0 N–H and O–H groups in total. The summed E-state index contributed by atoms with van der Waals surface area (Å²) in [5.41, 5.74) is 0.932. The van der Waals surface area contributed by atoms with E-state index in [0.717, 1.165) is 55.9 Å². The molecule has 2 amide bonds. The summed E-state index contributed by atoms with van der Waals surface area (Å²) in [5.74, 6) is 3.02. The fourth-order valence-electron chi connectivity index (χ4n) is 5.30. The first-order valence-corrected chi connectivity index (χ1v) is 13.6. The van der Waals surface area contributed by atoms with Crippen LogP contribution in [0.4, 0.5) is 10.5 Å². The third-order valence-electron chi connectivity index (χ3n) is 7.13. The first kappa shape index (κ1) is 23.9. The van der Waals surface area contributed by atoms with Gasteiger partial charge in [-0.1, -0.05) is 6.42 Å². The van der Waals surface area contributed by atoms with Gasteiger partial charge in [0, 0.05) is 53.1 Å². The van der Waals surface area contributed by atoms with Crippen LogP contribution in [0.1, 0.15) is 39.0 Å². The lowest BCUT2D eigenvalue weighted by Gasteiger charge is -2.31. The summed E-state index contributed by atoms with van der Waals surface area (Å²) in [4.78, 5) is 18.0. The van der Waals surface area contributed by atoms with Gasteiger partial charge in [-0.15, -0.1) is 0 Å². The number of methoxy groups -OCH3 is 2. The summed E-state index contributed by atoms with van der Waals surface area (Å²) in [6, 6.07) is 12.0. The van der Waals surface area contributed by atoms with Gasteiger partial charge in [0.2, 0.25) is 5.75 Å². The zero-order chi connectivity index (χ0) is 24.4. The molecule has 3 aliphatic heterocycles. The third kappa shape index (κ3) is 4.94. The monoisotopic (exact) mass is 498 g/mol. The highest BCUT2D eigenvalue weighted by molar-refractivity contribution is 8.11. The van der Waals surface area contributed by atoms with Gasteiger partial charge >= 0.3 is 6.03 Å². The van der Waals surface area contributed by atoms with E-state index in [9.17, 15) is 4.79 Å². The fraction of sp³-hybridized carbons (Fsp3) is 0.481. The summed E-state index contributed by atoms with van der Waals surface area (Å²) < 4.78 is 24.3. The van der Waals surface area contributed by atoms with Crippen molar-refractivity contribution >= 4 is 27.9 Å². The Hall–Kier alpha value is -2.87. The molecule has 0 radical (unpaired) electrons. The minimum absolute atomic E-state index is 0.0926. The number of fused-ring (bicyclic) bond motifs is 4. The number of ether oxygens (including phenoxy) is 3. The van der Waals surface area contributed by atoms with Gasteiger partial charge in [-0.2, -0.15) is 0 Å². The zero-order valence-corrected chi connectivity index (χ0v) is 21.5. The van der Waals surface area contributed by atoms with Crippen molar-refractivity contribution in [1.29, 1.82) is 0 Å². The molecule has 3 heterocycles. The number of rotatable bonds is 2. The minimum atomic E-state index is -0.590. The number of hydrogen-bond donors (Lipinski definition) is 0. The maximum Gasteiger partial charge on any atom is 0.324 e. The van der Waals surface area contributed by atoms with Crippen molar-refractivity contribution in [3.63, 3.8) is 0 Å². The average molecular weight is 499 g/mol. The van der Waals surface area contributed by atoms with Crippen molar-refractivity contribution in [2.45, 2.75) is 50.0 Å². The molecule has 3 atom stereocenters. The second kappa shape index (κ2) is 10.4. The molecule has 35 heavy (non-hydrogen) atoms. The number of anilines is 1. The lowest BCUT2D eigenvalue weighted by molar-refractivity contribution is 0.112. The van der Waals surface area contributed by atoms with Crippen LogP contribution in [0.2, 0.25) is 0 Å². The summed E-state index contributed by atoms with van der Waals surface area (Å²) in [6.07, 6.45) is 5.35. The Balaban J connectivity index is 1.53. The van der Waals surface area contributed by atoms with Gasteiger partial charge in [-0.25, -0.2) is 4.79 Å². The standard InChI is InChI=1S/C27H34N2O5S/c1-4-35-23-10-8-20(9-11-23)29-15-14-28(27(29)30)13-12-19-6-5-7-21(16-19)33-25-18-22(34-35)17-24(31-2)26(25)32-3/h4,8-11,17-19,21H,5-7,12-16H2,1-3H3. The molecular formula is C27H34N2O5S. The molecule has 0 aromatic heterocycles. The summed E-state index contributed by atoms with van der Waals surface area (Å²) in [5, 5.41) is 2.04. The Bertz CT molecular complexity index is 1100. The number of amides is 2. The molecule has 2 fully saturated rings. The second-order valence-electron chi connectivity index (χ2n) is 9.25. The van der Waals surface area contributed by atoms with E-state index in [1.807, 2.05) is 58.5 Å². The van der Waals surface area contributed by atoms with Crippen LogP contribution in [0, 0.1) is 5.92 Å². The van der Waals surface area contributed by atoms with E-state index in [2.05, 4.69) is 0 Å². The van der Waals surface area contributed by atoms with Crippen molar-refractivity contribution < 1.29 is 23.2 Å². The van der Waals surface area contributed by atoms with E-state index in [4.69, 9.17) is 18.4 Å². The van der Waals surface area contributed by atoms with Crippen LogP contribution < -0.4 is 23.3 Å². The molecule has 4 aliphatic rings. The fourth-order valence-corrected chi connectivity index (χ4v) is 6.47.